The smallest absolute Gasteiger partial charge is 0.165 e. The fourth-order valence-corrected chi connectivity index (χ4v) is 2.27. The van der Waals surface area contributed by atoms with Gasteiger partial charge in [-0.15, -0.1) is 0 Å². The maximum absolute atomic E-state index is 6.18. The molecule has 1 heterocycles. The van der Waals surface area contributed by atoms with E-state index in [2.05, 4.69) is 23.9 Å². The van der Waals surface area contributed by atoms with Crippen molar-refractivity contribution in [3.63, 3.8) is 0 Å². The summed E-state index contributed by atoms with van der Waals surface area (Å²) < 4.78 is 7.68. The van der Waals surface area contributed by atoms with Crippen LogP contribution in [-0.4, -0.2) is 21.3 Å². The second kappa shape index (κ2) is 6.72. The lowest BCUT2D eigenvalue weighted by molar-refractivity contribution is 0.280. The molecule has 0 radical (unpaired) electrons. The van der Waals surface area contributed by atoms with Crippen LogP contribution in [0.5, 0.6) is 5.75 Å². The third kappa shape index (κ3) is 3.29. The molecule has 0 bridgehead atoms. The minimum atomic E-state index is 0.249. The molecule has 0 atom stereocenters. The Labute approximate surface area is 123 Å². The Bertz CT molecular complexity index is 568. The van der Waals surface area contributed by atoms with Gasteiger partial charge in [0.2, 0.25) is 0 Å². The van der Waals surface area contributed by atoms with Gasteiger partial charge < -0.3 is 10.5 Å². The van der Waals surface area contributed by atoms with Gasteiger partial charge in [-0.05, 0) is 38.9 Å². The summed E-state index contributed by atoms with van der Waals surface area (Å²) in [7, 11) is 0. The molecule has 0 aliphatic rings. The highest BCUT2D eigenvalue weighted by Gasteiger charge is 2.11. The zero-order chi connectivity index (χ0) is 14.5. The highest BCUT2D eigenvalue weighted by Crippen LogP contribution is 2.27. The second-order valence-electron chi connectivity index (χ2n) is 4.76. The summed E-state index contributed by atoms with van der Waals surface area (Å²) in [6, 6.07) is 5.85. The van der Waals surface area contributed by atoms with Crippen molar-refractivity contribution in [3.8, 4) is 5.75 Å². The van der Waals surface area contributed by atoms with Crippen molar-refractivity contribution in [2.24, 2.45) is 5.73 Å². The molecule has 2 rings (SSSR count). The zero-order valence-electron chi connectivity index (χ0n) is 11.7. The van der Waals surface area contributed by atoms with Gasteiger partial charge in [-0.25, -0.2) is 9.67 Å². The van der Waals surface area contributed by atoms with Crippen LogP contribution in [0.4, 0.5) is 0 Å². The molecule has 2 N–H and O–H groups in total. The molecule has 2 aromatic rings. The largest absolute Gasteiger partial charge is 0.485 e. The highest BCUT2D eigenvalue weighted by molar-refractivity contribution is 6.31. The van der Waals surface area contributed by atoms with Gasteiger partial charge in [-0.3, -0.25) is 0 Å². The monoisotopic (exact) mass is 294 g/mol. The summed E-state index contributed by atoms with van der Waals surface area (Å²) in [6.07, 6.45) is 2.23. The van der Waals surface area contributed by atoms with E-state index in [9.17, 15) is 0 Å². The minimum Gasteiger partial charge on any atom is -0.485 e. The number of halogens is 1. The van der Waals surface area contributed by atoms with E-state index in [0.29, 0.717) is 24.6 Å². The molecular weight excluding hydrogens is 276 g/mol. The second-order valence-corrected chi connectivity index (χ2v) is 5.17. The molecule has 0 saturated carbocycles. The molecule has 0 spiro atoms. The van der Waals surface area contributed by atoms with Crippen LogP contribution in [0, 0.1) is 0 Å². The number of hydrogen-bond acceptors (Lipinski definition) is 4. The molecule has 6 heteroatoms. The summed E-state index contributed by atoms with van der Waals surface area (Å²) in [6.45, 7) is 4.99. The first-order valence-electron chi connectivity index (χ1n) is 6.62. The van der Waals surface area contributed by atoms with Gasteiger partial charge in [0.15, 0.2) is 5.82 Å². The van der Waals surface area contributed by atoms with E-state index in [-0.39, 0.29) is 6.04 Å². The Morgan fingerprint density at radius 3 is 2.90 bits per heavy atom. The standard InChI is InChI=1S/C14H19ClN4O/c1-10(2)19-14(17-9-18-19)8-20-13-5-3-4-12(15)11(13)6-7-16/h3-5,9-10H,6-8,16H2,1-2H3. The Hall–Kier alpha value is -1.59. The fourth-order valence-electron chi connectivity index (χ4n) is 2.01. The van der Waals surface area contributed by atoms with Crippen molar-refractivity contribution in [1.82, 2.24) is 14.8 Å². The summed E-state index contributed by atoms with van der Waals surface area (Å²) in [5.41, 5.74) is 6.55. The SMILES string of the molecule is CC(C)n1ncnc1COc1cccc(Cl)c1CCN. The van der Waals surface area contributed by atoms with Crippen LogP contribution in [0.15, 0.2) is 24.5 Å². The number of ether oxygens (including phenoxy) is 1. The molecule has 0 fully saturated rings. The van der Waals surface area contributed by atoms with E-state index in [1.807, 2.05) is 22.9 Å². The van der Waals surface area contributed by atoms with Gasteiger partial charge >= 0.3 is 0 Å². The molecule has 0 aliphatic heterocycles. The van der Waals surface area contributed by atoms with E-state index in [1.165, 1.54) is 6.33 Å². The quantitative estimate of drug-likeness (QED) is 0.889. The minimum absolute atomic E-state index is 0.249. The lowest BCUT2D eigenvalue weighted by atomic mass is 10.1. The molecule has 0 unspecified atom stereocenters. The van der Waals surface area contributed by atoms with Crippen LogP contribution in [0.3, 0.4) is 0 Å². The van der Waals surface area contributed by atoms with Crippen molar-refractivity contribution in [3.05, 3.63) is 40.9 Å². The maximum atomic E-state index is 6.18. The van der Waals surface area contributed by atoms with Crippen LogP contribution in [-0.2, 0) is 13.0 Å². The van der Waals surface area contributed by atoms with Crippen molar-refractivity contribution < 1.29 is 4.74 Å². The first kappa shape index (κ1) is 14.8. The summed E-state index contributed by atoms with van der Waals surface area (Å²) in [5.74, 6) is 1.54. The Morgan fingerprint density at radius 1 is 1.40 bits per heavy atom. The average molecular weight is 295 g/mol. The third-order valence-corrected chi connectivity index (χ3v) is 3.32. The van der Waals surface area contributed by atoms with E-state index < -0.39 is 0 Å². The number of nitrogens with two attached hydrogens (primary N) is 1. The van der Waals surface area contributed by atoms with Gasteiger partial charge in [-0.1, -0.05) is 17.7 Å². The summed E-state index contributed by atoms with van der Waals surface area (Å²) >= 11 is 6.18. The van der Waals surface area contributed by atoms with E-state index in [4.69, 9.17) is 22.1 Å². The molecule has 0 aliphatic carbocycles. The van der Waals surface area contributed by atoms with Gasteiger partial charge in [0, 0.05) is 16.6 Å². The normalized spacial score (nSPS) is 11.1. The van der Waals surface area contributed by atoms with Crippen LogP contribution in [0.2, 0.25) is 5.02 Å². The third-order valence-electron chi connectivity index (χ3n) is 2.96. The molecular formula is C14H19ClN4O. The first-order chi connectivity index (χ1) is 9.63. The molecule has 1 aromatic heterocycles. The van der Waals surface area contributed by atoms with Crippen LogP contribution >= 0.6 is 11.6 Å². The molecule has 1 aromatic carbocycles. The van der Waals surface area contributed by atoms with Crippen molar-refractivity contribution >= 4 is 11.6 Å². The zero-order valence-corrected chi connectivity index (χ0v) is 12.5. The summed E-state index contributed by atoms with van der Waals surface area (Å²) in [4.78, 5) is 4.22. The maximum Gasteiger partial charge on any atom is 0.165 e. The van der Waals surface area contributed by atoms with Gasteiger partial charge in [0.1, 0.15) is 18.7 Å². The van der Waals surface area contributed by atoms with Crippen molar-refractivity contribution in [2.75, 3.05) is 6.54 Å². The molecule has 108 valence electrons. The van der Waals surface area contributed by atoms with Crippen molar-refractivity contribution in [2.45, 2.75) is 32.9 Å². The average Bonchev–Trinajstić information content (AvgIpc) is 2.88. The van der Waals surface area contributed by atoms with E-state index in [1.54, 1.807) is 0 Å². The van der Waals surface area contributed by atoms with Gasteiger partial charge in [0.05, 0.1) is 0 Å². The predicted molar refractivity (Wildman–Crippen MR) is 78.9 cm³/mol. The number of benzene rings is 1. The van der Waals surface area contributed by atoms with E-state index in [0.717, 1.165) is 17.1 Å². The Kier molecular flexibility index (Phi) is 4.98. The highest BCUT2D eigenvalue weighted by atomic mass is 35.5. The molecule has 0 amide bonds. The Morgan fingerprint density at radius 2 is 2.20 bits per heavy atom. The molecule has 20 heavy (non-hydrogen) atoms. The molecule has 0 saturated heterocycles. The van der Waals surface area contributed by atoms with Crippen LogP contribution < -0.4 is 10.5 Å². The first-order valence-corrected chi connectivity index (χ1v) is 7.00. The number of rotatable bonds is 6. The predicted octanol–water partition coefficient (Wildman–Crippen LogP) is 2.59. The summed E-state index contributed by atoms with van der Waals surface area (Å²) in [5, 5.41) is 4.86. The Balaban J connectivity index is 2.14. The van der Waals surface area contributed by atoms with Gasteiger partial charge in [0.25, 0.3) is 0 Å². The number of hydrogen-bond donors (Lipinski definition) is 1. The topological polar surface area (TPSA) is 66.0 Å². The van der Waals surface area contributed by atoms with Crippen LogP contribution in [0.25, 0.3) is 0 Å². The number of nitrogens with zero attached hydrogens (tertiary/aromatic N) is 3. The van der Waals surface area contributed by atoms with Gasteiger partial charge in [-0.2, -0.15) is 5.10 Å². The number of aromatic nitrogens is 3. The molecule has 5 nitrogen and oxygen atoms in total. The lowest BCUT2D eigenvalue weighted by Gasteiger charge is -2.13. The van der Waals surface area contributed by atoms with Crippen LogP contribution in [0.1, 0.15) is 31.3 Å². The lowest BCUT2D eigenvalue weighted by Crippen LogP contribution is -2.12. The van der Waals surface area contributed by atoms with Crippen molar-refractivity contribution in [1.29, 1.82) is 0 Å². The fraction of sp³-hybridized carbons (Fsp3) is 0.429. The van der Waals surface area contributed by atoms with E-state index >= 15 is 0 Å².